The number of phenols is 1. The van der Waals surface area contributed by atoms with Crippen molar-refractivity contribution in [3.63, 3.8) is 0 Å². The standard InChI is InChI=1S/C46H45N3O10/c1-47-19-25-12-13-35-32(15-25)29(20-48-35)23-56-24-38-41(51)44-43(53)46(59-38)58-37-18-30(55-2)16-28-17-33(26-7-3-4-8-26)40(42(52)39(28)37)36(50)22-49-21-34-27(10-6-14-57-44)9-5-11-31(34)45(49)54/h5,9,11-13,15-18,20,26,38,41,43-44,46-47,51,53H,3-4,7-8,10,19,21-24H2,1-2H3/p+1. The largest absolute Gasteiger partial charge is 0.506 e. The maximum atomic E-state index is 14.5. The molecule has 4 heterocycles. The van der Waals surface area contributed by atoms with Gasteiger partial charge in [0.1, 0.15) is 47.7 Å². The number of nitrogens with zero attached hydrogens (tertiary/aromatic N) is 2. The van der Waals surface area contributed by atoms with Gasteiger partial charge in [0, 0.05) is 55.3 Å². The number of phenolic OH excluding ortho intramolecular Hbond substituents is 1. The Morgan fingerprint density at radius 3 is 2.75 bits per heavy atom. The molecule has 1 saturated carbocycles. The van der Waals surface area contributed by atoms with Crippen LogP contribution in [0.1, 0.15) is 69.0 Å². The highest BCUT2D eigenvalue weighted by Gasteiger charge is 2.48. The van der Waals surface area contributed by atoms with E-state index in [1.165, 1.54) is 12.0 Å². The molecule has 9 rings (SSSR count). The average molecular weight is 801 g/mol. The van der Waals surface area contributed by atoms with E-state index >= 15 is 0 Å². The van der Waals surface area contributed by atoms with Crippen LogP contribution in [0.3, 0.4) is 0 Å². The molecule has 4 N–H and O–H groups in total. The number of methoxy groups -OCH3 is 1. The Hall–Kier alpha value is -5.62. The molecule has 2 fully saturated rings. The molecule has 1 saturated heterocycles. The van der Waals surface area contributed by atoms with E-state index in [-0.39, 0.29) is 67.0 Å². The smallest absolute Gasteiger partial charge is 0.254 e. The molecule has 4 aliphatic heterocycles. The van der Waals surface area contributed by atoms with Gasteiger partial charge in [0.15, 0.2) is 23.7 Å². The molecule has 3 aromatic carbocycles. The molecular formula is C46H46N3O10+. The number of aromatic hydroxyl groups is 1. The van der Waals surface area contributed by atoms with Gasteiger partial charge in [0.25, 0.3) is 5.91 Å². The summed E-state index contributed by atoms with van der Waals surface area (Å²) in [6.45, 7) is 0.709. The number of nitrogens with one attached hydrogen (secondary N) is 1. The van der Waals surface area contributed by atoms with Gasteiger partial charge < -0.3 is 49.2 Å². The van der Waals surface area contributed by atoms with Crippen LogP contribution in [0.2, 0.25) is 0 Å². The number of rotatable bonds is 8. The van der Waals surface area contributed by atoms with Crippen LogP contribution < -0.4 is 14.8 Å². The molecule has 1 amide bonds. The first-order chi connectivity index (χ1) is 28.7. The maximum Gasteiger partial charge on any atom is 0.254 e. The number of aliphatic hydroxyl groups excluding tert-OH is 2. The number of likely N-dealkylation sites (N-methyl/N-ethyl adjacent to an activating group) is 1. The zero-order chi connectivity index (χ0) is 40.8. The lowest BCUT2D eigenvalue weighted by Crippen LogP contribution is -2.60. The fourth-order valence-corrected chi connectivity index (χ4v) is 9.07. The lowest BCUT2D eigenvalue weighted by Gasteiger charge is -2.41. The highest BCUT2D eigenvalue weighted by Crippen LogP contribution is 2.47. The van der Waals surface area contributed by atoms with E-state index < -0.39 is 36.5 Å². The quantitative estimate of drug-likeness (QED) is 0.188. The Bertz CT molecular complexity index is 2400. The molecule has 6 aliphatic rings. The summed E-state index contributed by atoms with van der Waals surface area (Å²) < 4.78 is 30.5. The zero-order valence-electron chi connectivity index (χ0n) is 32.9. The second-order valence-electron chi connectivity index (χ2n) is 15.8. The van der Waals surface area contributed by atoms with Crippen molar-refractivity contribution in [1.29, 1.82) is 0 Å². The lowest BCUT2D eigenvalue weighted by atomic mass is 9.87. The van der Waals surface area contributed by atoms with Crippen molar-refractivity contribution in [3.05, 3.63) is 105 Å². The van der Waals surface area contributed by atoms with E-state index in [9.17, 15) is 24.9 Å². The van der Waals surface area contributed by atoms with Crippen molar-refractivity contribution in [2.75, 3.05) is 40.5 Å². The predicted octanol–water partition coefficient (Wildman–Crippen LogP) is 4.42. The van der Waals surface area contributed by atoms with Gasteiger partial charge in [-0.1, -0.05) is 30.9 Å². The number of hydrogen-bond acceptors (Lipinski definition) is 12. The van der Waals surface area contributed by atoms with E-state index in [1.807, 2.05) is 31.3 Å². The molecule has 13 heteroatoms. The summed E-state index contributed by atoms with van der Waals surface area (Å²) in [5, 5.41) is 39.6. The average Bonchev–Trinajstić information content (AvgIpc) is 3.99. The van der Waals surface area contributed by atoms with Gasteiger partial charge in [-0.15, -0.1) is 0 Å². The van der Waals surface area contributed by atoms with Crippen LogP contribution >= 0.6 is 0 Å². The molecule has 6 bridgehead atoms. The van der Waals surface area contributed by atoms with Gasteiger partial charge >= 0.3 is 0 Å². The third kappa shape index (κ3) is 7.25. The lowest BCUT2D eigenvalue weighted by molar-refractivity contribution is -0.278. The summed E-state index contributed by atoms with van der Waals surface area (Å²) in [6, 6.07) is 10.6. The van der Waals surface area contributed by atoms with Crippen LogP contribution in [0.25, 0.3) is 10.8 Å². The van der Waals surface area contributed by atoms with Crippen molar-refractivity contribution in [2.45, 2.75) is 75.3 Å². The van der Waals surface area contributed by atoms with Crippen molar-refractivity contribution in [3.8, 4) is 29.3 Å². The summed E-state index contributed by atoms with van der Waals surface area (Å²) in [7, 11) is 3.39. The van der Waals surface area contributed by atoms with Crippen LogP contribution in [-0.4, -0.2) is 109 Å². The molecule has 0 spiro atoms. The monoisotopic (exact) mass is 800 g/mol. The van der Waals surface area contributed by atoms with Gasteiger partial charge in [-0.3, -0.25) is 9.59 Å². The minimum Gasteiger partial charge on any atom is -0.506 e. The second kappa shape index (κ2) is 16.2. The molecule has 0 radical (unpaired) electrons. The van der Waals surface area contributed by atoms with Crippen molar-refractivity contribution >= 4 is 28.7 Å². The molecule has 2 aliphatic carbocycles. The SMILES string of the molecule is CNCC1=CC=C2N=CC(COCC3OC4Oc5cc(OC)cc6cc(C7CCCC7)c(c(O)c56)C(=O)CN5Cc6c(cccc6C5=O)CC#COC(C3O)C4O)=C2[CH+]1. The second-order valence-corrected chi connectivity index (χ2v) is 15.8. The van der Waals surface area contributed by atoms with Gasteiger partial charge in [-0.2, -0.15) is 4.99 Å². The molecule has 3 aromatic rings. The topological polar surface area (TPSA) is 169 Å². The van der Waals surface area contributed by atoms with E-state index in [1.54, 1.807) is 30.5 Å². The van der Waals surface area contributed by atoms with Crippen molar-refractivity contribution in [1.82, 2.24) is 10.2 Å². The minimum atomic E-state index is -1.57. The number of ether oxygens (including phenoxy) is 5. The number of hydrogen-bond donors (Lipinski definition) is 4. The Balaban J connectivity index is 1.09. The first-order valence-corrected chi connectivity index (χ1v) is 20.1. The van der Waals surface area contributed by atoms with Gasteiger partial charge in [0.05, 0.1) is 43.0 Å². The molecule has 304 valence electrons. The normalized spacial score (nSPS) is 25.1. The number of allylic oxidation sites excluding steroid dienone is 3. The number of carbonyl (C=O) groups is 2. The number of carbonyl (C=O) groups excluding carboxylic acids is 2. The fourth-order valence-electron chi connectivity index (χ4n) is 9.07. The van der Waals surface area contributed by atoms with Crippen molar-refractivity contribution in [2.24, 2.45) is 4.99 Å². The molecule has 13 nitrogen and oxygen atoms in total. The number of ketones is 1. The third-order valence-corrected chi connectivity index (χ3v) is 12.1. The highest BCUT2D eigenvalue weighted by molar-refractivity contribution is 6.11. The number of amides is 1. The van der Waals surface area contributed by atoms with Crippen LogP contribution in [0.15, 0.2) is 76.0 Å². The summed E-state index contributed by atoms with van der Waals surface area (Å²) in [4.78, 5) is 34.2. The van der Waals surface area contributed by atoms with E-state index in [0.29, 0.717) is 28.8 Å². The number of aliphatic imine (C=N–C) groups is 1. The number of benzene rings is 3. The Morgan fingerprint density at radius 1 is 1.08 bits per heavy atom. The predicted molar refractivity (Wildman–Crippen MR) is 217 cm³/mol. The summed E-state index contributed by atoms with van der Waals surface area (Å²) in [5.41, 5.74) is 6.63. The number of Topliss-reactive ketones (excluding diaryl/α,β-unsaturated/α-hetero) is 1. The van der Waals surface area contributed by atoms with E-state index in [4.69, 9.17) is 23.7 Å². The maximum absolute atomic E-state index is 14.5. The van der Waals surface area contributed by atoms with Gasteiger partial charge in [0.2, 0.25) is 6.29 Å². The van der Waals surface area contributed by atoms with Crippen LogP contribution in [0.5, 0.6) is 17.2 Å². The highest BCUT2D eigenvalue weighted by atomic mass is 16.7. The molecular weight excluding hydrogens is 755 g/mol. The minimum absolute atomic E-state index is 0.0236. The van der Waals surface area contributed by atoms with E-state index in [2.05, 4.69) is 28.8 Å². The summed E-state index contributed by atoms with van der Waals surface area (Å²) in [5.74, 6) is 2.50. The van der Waals surface area contributed by atoms with Crippen LogP contribution in [0.4, 0.5) is 0 Å². The molecule has 59 heavy (non-hydrogen) atoms. The van der Waals surface area contributed by atoms with Crippen LogP contribution in [-0.2, 0) is 27.2 Å². The van der Waals surface area contributed by atoms with E-state index in [0.717, 1.165) is 59.2 Å². The Morgan fingerprint density at radius 2 is 1.93 bits per heavy atom. The molecule has 5 unspecified atom stereocenters. The summed E-state index contributed by atoms with van der Waals surface area (Å²) in [6.07, 6.45) is 7.57. The third-order valence-electron chi connectivity index (χ3n) is 12.1. The Labute approximate surface area is 341 Å². The summed E-state index contributed by atoms with van der Waals surface area (Å²) >= 11 is 0. The fraction of sp³-hybridized carbons (Fsp3) is 0.391. The Kier molecular flexibility index (Phi) is 10.7. The number of aliphatic hydroxyl groups is 2. The van der Waals surface area contributed by atoms with Crippen LogP contribution in [0, 0.1) is 18.4 Å². The van der Waals surface area contributed by atoms with Gasteiger partial charge in [-0.25, -0.2) is 0 Å². The number of fused-ring (bicyclic) bond motifs is 5. The molecule has 5 atom stereocenters. The zero-order valence-corrected chi connectivity index (χ0v) is 32.9. The first kappa shape index (κ1) is 38.9. The molecule has 0 aromatic heterocycles. The first-order valence-electron chi connectivity index (χ1n) is 20.1. The van der Waals surface area contributed by atoms with Gasteiger partial charge in [-0.05, 0) is 66.1 Å². The van der Waals surface area contributed by atoms with Crippen molar-refractivity contribution < 1.29 is 48.6 Å².